The molecule has 76 valence electrons. The fourth-order valence-corrected chi connectivity index (χ4v) is 3.77. The summed E-state index contributed by atoms with van der Waals surface area (Å²) in [5, 5.41) is 4.35. The monoisotopic (exact) mass is 201 g/mol. The predicted octanol–water partition coefficient (Wildman–Crippen LogP) is 1.65. The number of fused-ring (bicyclic) bond motifs is 1. The minimum Gasteiger partial charge on any atom is -0.374 e. The molecule has 1 N–H and O–H groups in total. The fraction of sp³-hybridized carbons (Fsp3) is 1.00. The Balaban J connectivity index is 2.02. The van der Waals surface area contributed by atoms with Crippen molar-refractivity contribution in [1.82, 2.24) is 5.32 Å². The lowest BCUT2D eigenvalue weighted by molar-refractivity contribution is -0.0395. The SMILES string of the molecule is CC1CSC2C(CC(C)OC2C)N1. The van der Waals surface area contributed by atoms with E-state index >= 15 is 0 Å². The number of hydrogen-bond acceptors (Lipinski definition) is 3. The summed E-state index contributed by atoms with van der Waals surface area (Å²) < 4.78 is 5.83. The normalized spacial score (nSPS) is 51.5. The van der Waals surface area contributed by atoms with Crippen molar-refractivity contribution in [2.45, 2.75) is 56.7 Å². The lowest BCUT2D eigenvalue weighted by Crippen LogP contribution is -2.57. The van der Waals surface area contributed by atoms with Gasteiger partial charge in [-0.3, -0.25) is 0 Å². The Bertz CT molecular complexity index is 186. The molecule has 5 unspecified atom stereocenters. The Kier molecular flexibility index (Phi) is 2.86. The highest BCUT2D eigenvalue weighted by Crippen LogP contribution is 2.33. The van der Waals surface area contributed by atoms with Gasteiger partial charge in [0.2, 0.25) is 0 Å². The minimum absolute atomic E-state index is 0.416. The Labute approximate surface area is 84.8 Å². The summed E-state index contributed by atoms with van der Waals surface area (Å²) in [7, 11) is 0. The maximum Gasteiger partial charge on any atom is 0.0684 e. The summed E-state index contributed by atoms with van der Waals surface area (Å²) in [5.74, 6) is 1.23. The standard InChI is InChI=1S/C10H19NOS/c1-6-5-13-10-8(3)12-7(2)4-9(10)11-6/h6-11H,4-5H2,1-3H3. The van der Waals surface area contributed by atoms with Crippen molar-refractivity contribution in [2.75, 3.05) is 5.75 Å². The van der Waals surface area contributed by atoms with E-state index < -0.39 is 0 Å². The number of rotatable bonds is 0. The first-order chi connectivity index (χ1) is 6.16. The molecule has 0 saturated carbocycles. The fourth-order valence-electron chi connectivity index (χ4n) is 2.40. The molecule has 2 heterocycles. The predicted molar refractivity (Wildman–Crippen MR) is 57.3 cm³/mol. The zero-order valence-electron chi connectivity index (χ0n) is 8.62. The van der Waals surface area contributed by atoms with Crippen LogP contribution >= 0.6 is 11.8 Å². The van der Waals surface area contributed by atoms with E-state index in [-0.39, 0.29) is 0 Å². The number of nitrogens with one attached hydrogen (secondary N) is 1. The molecule has 3 heteroatoms. The Morgan fingerprint density at radius 1 is 1.31 bits per heavy atom. The molecule has 2 nitrogen and oxygen atoms in total. The Morgan fingerprint density at radius 2 is 2.08 bits per heavy atom. The van der Waals surface area contributed by atoms with Crippen molar-refractivity contribution in [1.29, 1.82) is 0 Å². The van der Waals surface area contributed by atoms with E-state index in [1.165, 1.54) is 12.2 Å². The molecule has 0 amide bonds. The molecule has 2 aliphatic rings. The summed E-state index contributed by atoms with van der Waals surface area (Å²) >= 11 is 2.08. The van der Waals surface area contributed by atoms with Crippen molar-refractivity contribution in [3.05, 3.63) is 0 Å². The van der Waals surface area contributed by atoms with Crippen molar-refractivity contribution in [3.8, 4) is 0 Å². The first kappa shape index (κ1) is 9.81. The number of ether oxygens (including phenoxy) is 1. The van der Waals surface area contributed by atoms with Crippen LogP contribution in [0.1, 0.15) is 27.2 Å². The van der Waals surface area contributed by atoms with Crippen molar-refractivity contribution >= 4 is 11.8 Å². The lowest BCUT2D eigenvalue weighted by atomic mass is 9.98. The largest absolute Gasteiger partial charge is 0.374 e. The first-order valence-electron chi connectivity index (χ1n) is 5.20. The van der Waals surface area contributed by atoms with Crippen LogP contribution in [0.5, 0.6) is 0 Å². The molecule has 2 fully saturated rings. The first-order valence-corrected chi connectivity index (χ1v) is 6.25. The van der Waals surface area contributed by atoms with Crippen LogP contribution in [0.2, 0.25) is 0 Å². The molecule has 2 aliphatic heterocycles. The minimum atomic E-state index is 0.416. The van der Waals surface area contributed by atoms with Crippen molar-refractivity contribution in [2.24, 2.45) is 0 Å². The van der Waals surface area contributed by atoms with Gasteiger partial charge in [-0.2, -0.15) is 11.8 Å². The molecule has 2 saturated heterocycles. The summed E-state index contributed by atoms with van der Waals surface area (Å²) in [6.07, 6.45) is 2.01. The van der Waals surface area contributed by atoms with Crippen LogP contribution in [0.4, 0.5) is 0 Å². The van der Waals surface area contributed by atoms with Crippen LogP contribution in [0.25, 0.3) is 0 Å². The van der Waals surface area contributed by atoms with Gasteiger partial charge in [0, 0.05) is 23.1 Å². The van der Waals surface area contributed by atoms with Crippen LogP contribution < -0.4 is 5.32 Å². The average Bonchev–Trinajstić information content (AvgIpc) is 2.02. The van der Waals surface area contributed by atoms with Crippen LogP contribution in [-0.2, 0) is 4.74 Å². The van der Waals surface area contributed by atoms with Gasteiger partial charge in [-0.25, -0.2) is 0 Å². The summed E-state index contributed by atoms with van der Waals surface area (Å²) in [6.45, 7) is 6.66. The molecule has 0 aliphatic carbocycles. The second-order valence-electron chi connectivity index (χ2n) is 4.36. The van der Waals surface area contributed by atoms with Gasteiger partial charge in [0.25, 0.3) is 0 Å². The molecular weight excluding hydrogens is 182 g/mol. The van der Waals surface area contributed by atoms with E-state index in [2.05, 4.69) is 37.8 Å². The second kappa shape index (κ2) is 3.79. The van der Waals surface area contributed by atoms with Crippen molar-refractivity contribution < 1.29 is 4.74 Å². The third-order valence-electron chi connectivity index (χ3n) is 2.93. The van der Waals surface area contributed by atoms with Gasteiger partial charge >= 0.3 is 0 Å². The summed E-state index contributed by atoms with van der Waals surface area (Å²) in [4.78, 5) is 0. The highest BCUT2D eigenvalue weighted by molar-refractivity contribution is 8.00. The second-order valence-corrected chi connectivity index (χ2v) is 5.57. The average molecular weight is 201 g/mol. The molecule has 0 aromatic carbocycles. The molecule has 0 bridgehead atoms. The number of thioether (sulfide) groups is 1. The van der Waals surface area contributed by atoms with Crippen LogP contribution in [-0.4, -0.2) is 35.3 Å². The maximum absolute atomic E-state index is 5.83. The highest BCUT2D eigenvalue weighted by Gasteiger charge is 2.38. The van der Waals surface area contributed by atoms with E-state index in [4.69, 9.17) is 4.74 Å². The van der Waals surface area contributed by atoms with Gasteiger partial charge in [0.1, 0.15) is 0 Å². The molecular formula is C10H19NOS. The molecule has 2 rings (SSSR count). The quantitative estimate of drug-likeness (QED) is 0.644. The smallest absolute Gasteiger partial charge is 0.0684 e. The van der Waals surface area contributed by atoms with Crippen LogP contribution in [0, 0.1) is 0 Å². The van der Waals surface area contributed by atoms with Gasteiger partial charge in [0.15, 0.2) is 0 Å². The summed E-state index contributed by atoms with van der Waals surface area (Å²) in [5.41, 5.74) is 0. The van der Waals surface area contributed by atoms with Gasteiger partial charge in [0.05, 0.1) is 12.2 Å². The molecule has 5 atom stereocenters. The molecule has 0 spiro atoms. The van der Waals surface area contributed by atoms with Gasteiger partial charge in [-0.15, -0.1) is 0 Å². The summed E-state index contributed by atoms with van der Waals surface area (Å²) in [6, 6.07) is 1.34. The van der Waals surface area contributed by atoms with Gasteiger partial charge < -0.3 is 10.1 Å². The van der Waals surface area contributed by atoms with E-state index in [1.54, 1.807) is 0 Å². The topological polar surface area (TPSA) is 21.3 Å². The third-order valence-corrected chi connectivity index (χ3v) is 4.72. The molecule has 0 radical (unpaired) electrons. The molecule has 13 heavy (non-hydrogen) atoms. The van der Waals surface area contributed by atoms with E-state index in [0.29, 0.717) is 29.5 Å². The lowest BCUT2D eigenvalue weighted by Gasteiger charge is -2.44. The van der Waals surface area contributed by atoms with E-state index in [9.17, 15) is 0 Å². The maximum atomic E-state index is 5.83. The van der Waals surface area contributed by atoms with E-state index in [1.807, 2.05) is 0 Å². The van der Waals surface area contributed by atoms with Crippen molar-refractivity contribution in [3.63, 3.8) is 0 Å². The molecule has 0 aromatic heterocycles. The molecule has 0 aromatic rings. The van der Waals surface area contributed by atoms with Crippen LogP contribution in [0.15, 0.2) is 0 Å². The highest BCUT2D eigenvalue weighted by atomic mass is 32.2. The Hall–Kier alpha value is 0.270. The Morgan fingerprint density at radius 3 is 2.85 bits per heavy atom. The zero-order chi connectivity index (χ0) is 9.42. The van der Waals surface area contributed by atoms with Gasteiger partial charge in [-0.1, -0.05) is 0 Å². The third kappa shape index (κ3) is 2.03. The number of hydrogen-bond donors (Lipinski definition) is 1. The van der Waals surface area contributed by atoms with Crippen LogP contribution in [0.3, 0.4) is 0 Å². The zero-order valence-corrected chi connectivity index (χ0v) is 9.43. The van der Waals surface area contributed by atoms with Gasteiger partial charge in [-0.05, 0) is 27.2 Å². The van der Waals surface area contributed by atoms with E-state index in [0.717, 1.165) is 0 Å².